The number of carbonyl (C=O) groups excluding carboxylic acids is 1. The normalized spacial score (nSPS) is 15.0. The zero-order valence-corrected chi connectivity index (χ0v) is 17.1. The minimum atomic E-state index is -3.81. The van der Waals surface area contributed by atoms with Gasteiger partial charge in [0.2, 0.25) is 10.0 Å². The second-order valence-electron chi connectivity index (χ2n) is 6.26. The Bertz CT molecular complexity index is 959. The highest BCUT2D eigenvalue weighted by Gasteiger charge is 2.30. The molecule has 2 heterocycles. The predicted octanol–water partition coefficient (Wildman–Crippen LogP) is 1.05. The fraction of sp³-hybridized carbons (Fsp3) is 0.368. The van der Waals surface area contributed by atoms with Gasteiger partial charge in [0, 0.05) is 38.1 Å². The van der Waals surface area contributed by atoms with Crippen LogP contribution in [-0.2, 0) is 21.3 Å². The Morgan fingerprint density at radius 3 is 2.48 bits per heavy atom. The summed E-state index contributed by atoms with van der Waals surface area (Å²) >= 11 is 0. The van der Waals surface area contributed by atoms with Crippen molar-refractivity contribution in [3.05, 3.63) is 47.8 Å². The molecule has 1 N–H and O–H groups in total. The molecule has 1 fully saturated rings. The van der Waals surface area contributed by atoms with Crippen molar-refractivity contribution < 1.29 is 27.4 Å². The standard InChI is InChI=1S/C19H23N3O6S/c1-26-17-12-15(29(24,25)22-7-9-28-10-8-22)11-16(18(17)27-2)19(23)21-13-14-3-5-20-6-4-14/h3-6,11-12H,7-10,13H2,1-2H3,(H,21,23). The van der Waals surface area contributed by atoms with E-state index in [1.54, 1.807) is 24.5 Å². The number of sulfonamides is 1. The minimum absolute atomic E-state index is 0.0360. The molecule has 0 atom stereocenters. The van der Waals surface area contributed by atoms with Crippen LogP contribution in [0.15, 0.2) is 41.6 Å². The van der Waals surface area contributed by atoms with Gasteiger partial charge in [0.05, 0.1) is 37.9 Å². The van der Waals surface area contributed by atoms with Crippen molar-refractivity contribution in [1.82, 2.24) is 14.6 Å². The minimum Gasteiger partial charge on any atom is -0.493 e. The molecule has 1 aromatic carbocycles. The van der Waals surface area contributed by atoms with Gasteiger partial charge in [0.1, 0.15) is 0 Å². The Morgan fingerprint density at radius 2 is 1.86 bits per heavy atom. The van der Waals surface area contributed by atoms with Gasteiger partial charge in [-0.25, -0.2) is 8.42 Å². The van der Waals surface area contributed by atoms with E-state index in [0.717, 1.165) is 5.56 Å². The highest BCUT2D eigenvalue weighted by Crippen LogP contribution is 2.35. The maximum atomic E-state index is 13.0. The van der Waals surface area contributed by atoms with Gasteiger partial charge in [-0.2, -0.15) is 4.31 Å². The van der Waals surface area contributed by atoms with Crippen LogP contribution in [0.1, 0.15) is 15.9 Å². The summed E-state index contributed by atoms with van der Waals surface area (Å²) in [5, 5.41) is 2.77. The lowest BCUT2D eigenvalue weighted by Crippen LogP contribution is -2.40. The van der Waals surface area contributed by atoms with Crippen molar-refractivity contribution in [2.45, 2.75) is 11.4 Å². The number of morpholine rings is 1. The highest BCUT2D eigenvalue weighted by molar-refractivity contribution is 7.89. The van der Waals surface area contributed by atoms with Gasteiger partial charge < -0.3 is 19.5 Å². The molecule has 0 spiro atoms. The molecular weight excluding hydrogens is 398 g/mol. The van der Waals surface area contributed by atoms with Crippen LogP contribution in [0, 0.1) is 0 Å². The van der Waals surface area contributed by atoms with Crippen molar-refractivity contribution in [2.24, 2.45) is 0 Å². The lowest BCUT2D eigenvalue weighted by molar-refractivity contribution is 0.0730. The van der Waals surface area contributed by atoms with Crippen LogP contribution in [0.25, 0.3) is 0 Å². The van der Waals surface area contributed by atoms with E-state index in [1.165, 1.54) is 30.7 Å². The van der Waals surface area contributed by atoms with E-state index < -0.39 is 15.9 Å². The third-order valence-electron chi connectivity index (χ3n) is 4.51. The zero-order chi connectivity index (χ0) is 20.9. The number of hydrogen-bond donors (Lipinski definition) is 1. The van der Waals surface area contributed by atoms with Gasteiger partial charge >= 0.3 is 0 Å². The van der Waals surface area contributed by atoms with Crippen molar-refractivity contribution >= 4 is 15.9 Å². The molecule has 0 saturated carbocycles. The molecule has 1 aliphatic heterocycles. The van der Waals surface area contributed by atoms with Gasteiger partial charge in [-0.3, -0.25) is 9.78 Å². The smallest absolute Gasteiger partial charge is 0.255 e. The number of carbonyl (C=O) groups is 1. The molecule has 1 aliphatic rings. The largest absolute Gasteiger partial charge is 0.493 e. The van der Waals surface area contributed by atoms with Crippen LogP contribution >= 0.6 is 0 Å². The Kier molecular flexibility index (Phi) is 6.68. The molecule has 10 heteroatoms. The fourth-order valence-electron chi connectivity index (χ4n) is 2.97. The zero-order valence-electron chi connectivity index (χ0n) is 16.3. The van der Waals surface area contributed by atoms with E-state index in [0.29, 0.717) is 13.2 Å². The highest BCUT2D eigenvalue weighted by atomic mass is 32.2. The topological polar surface area (TPSA) is 107 Å². The number of amides is 1. The number of nitrogens with zero attached hydrogens (tertiary/aromatic N) is 2. The molecule has 0 unspecified atom stereocenters. The average molecular weight is 421 g/mol. The number of ether oxygens (including phenoxy) is 3. The quantitative estimate of drug-likeness (QED) is 0.712. The molecule has 2 aromatic rings. The Balaban J connectivity index is 1.94. The first-order valence-corrected chi connectivity index (χ1v) is 10.4. The van der Waals surface area contributed by atoms with E-state index >= 15 is 0 Å². The van der Waals surface area contributed by atoms with Gasteiger partial charge in [-0.1, -0.05) is 0 Å². The number of rotatable bonds is 7. The Morgan fingerprint density at radius 1 is 1.17 bits per heavy atom. The van der Waals surface area contributed by atoms with Crippen molar-refractivity contribution in [2.75, 3.05) is 40.5 Å². The number of benzene rings is 1. The Hall–Kier alpha value is -2.69. The molecule has 156 valence electrons. The summed E-state index contributed by atoms with van der Waals surface area (Å²) in [6, 6.07) is 6.23. The van der Waals surface area contributed by atoms with Crippen molar-refractivity contribution in [3.63, 3.8) is 0 Å². The van der Waals surface area contributed by atoms with E-state index in [2.05, 4.69) is 10.3 Å². The molecule has 1 saturated heterocycles. The molecule has 1 amide bonds. The summed E-state index contributed by atoms with van der Waals surface area (Å²) in [6.45, 7) is 1.41. The number of methoxy groups -OCH3 is 2. The van der Waals surface area contributed by atoms with Crippen LogP contribution in [-0.4, -0.2) is 64.1 Å². The lowest BCUT2D eigenvalue weighted by Gasteiger charge is -2.26. The third-order valence-corrected chi connectivity index (χ3v) is 6.38. The second-order valence-corrected chi connectivity index (χ2v) is 8.20. The number of pyridine rings is 1. The summed E-state index contributed by atoms with van der Waals surface area (Å²) in [4.78, 5) is 16.7. The summed E-state index contributed by atoms with van der Waals surface area (Å²) < 4.78 is 43.3. The monoisotopic (exact) mass is 421 g/mol. The van der Waals surface area contributed by atoms with Gasteiger partial charge in [0.25, 0.3) is 5.91 Å². The second kappa shape index (κ2) is 9.21. The van der Waals surface area contributed by atoms with Crippen LogP contribution in [0.5, 0.6) is 11.5 Å². The molecule has 3 rings (SSSR count). The van der Waals surface area contributed by atoms with Crippen molar-refractivity contribution in [3.8, 4) is 11.5 Å². The number of nitrogens with one attached hydrogen (secondary N) is 1. The first-order chi connectivity index (χ1) is 14.0. The van der Waals surface area contributed by atoms with Crippen LogP contribution in [0.2, 0.25) is 0 Å². The van der Waals surface area contributed by atoms with E-state index in [1.807, 2.05) is 0 Å². The summed E-state index contributed by atoms with van der Waals surface area (Å²) in [7, 11) is -1.03. The summed E-state index contributed by atoms with van der Waals surface area (Å²) in [6.07, 6.45) is 3.25. The third kappa shape index (κ3) is 4.66. The summed E-state index contributed by atoms with van der Waals surface area (Å²) in [5.41, 5.74) is 0.934. The van der Waals surface area contributed by atoms with Gasteiger partial charge in [-0.05, 0) is 23.8 Å². The van der Waals surface area contributed by atoms with Crippen LogP contribution in [0.4, 0.5) is 0 Å². The summed E-state index contributed by atoms with van der Waals surface area (Å²) in [5.74, 6) is -0.146. The lowest BCUT2D eigenvalue weighted by atomic mass is 10.1. The fourth-order valence-corrected chi connectivity index (χ4v) is 4.42. The van der Waals surface area contributed by atoms with E-state index in [9.17, 15) is 13.2 Å². The maximum Gasteiger partial charge on any atom is 0.255 e. The molecule has 0 bridgehead atoms. The number of aromatic nitrogens is 1. The first-order valence-electron chi connectivity index (χ1n) is 8.98. The van der Waals surface area contributed by atoms with Crippen LogP contribution in [0.3, 0.4) is 0 Å². The molecule has 0 aliphatic carbocycles. The molecule has 29 heavy (non-hydrogen) atoms. The van der Waals surface area contributed by atoms with E-state index in [4.69, 9.17) is 14.2 Å². The first kappa shape index (κ1) is 21.0. The Labute approximate surface area is 169 Å². The van der Waals surface area contributed by atoms with Gasteiger partial charge in [0.15, 0.2) is 11.5 Å². The van der Waals surface area contributed by atoms with Crippen molar-refractivity contribution in [1.29, 1.82) is 0 Å². The van der Waals surface area contributed by atoms with Gasteiger partial charge in [-0.15, -0.1) is 0 Å². The van der Waals surface area contributed by atoms with E-state index in [-0.39, 0.29) is 41.6 Å². The SMILES string of the molecule is COc1cc(S(=O)(=O)N2CCOCC2)cc(C(=O)NCc2ccncc2)c1OC. The maximum absolute atomic E-state index is 13.0. The molecule has 1 aromatic heterocycles. The predicted molar refractivity (Wildman–Crippen MR) is 105 cm³/mol. The molecule has 9 nitrogen and oxygen atoms in total. The van der Waals surface area contributed by atoms with Crippen LogP contribution < -0.4 is 14.8 Å². The average Bonchev–Trinajstić information content (AvgIpc) is 2.77. The number of hydrogen-bond acceptors (Lipinski definition) is 7. The molecular formula is C19H23N3O6S. The molecule has 0 radical (unpaired) electrons.